The van der Waals surface area contributed by atoms with Gasteiger partial charge in [-0.05, 0) is 30.0 Å². The van der Waals surface area contributed by atoms with Gasteiger partial charge in [-0.3, -0.25) is 4.99 Å². The summed E-state index contributed by atoms with van der Waals surface area (Å²) in [6, 6.07) is 18.5. The van der Waals surface area contributed by atoms with Crippen LogP contribution in [-0.2, 0) is 17.9 Å². The van der Waals surface area contributed by atoms with E-state index in [4.69, 9.17) is 10.5 Å². The molecule has 1 aromatic heterocycles. The molecule has 1 heterocycles. The fraction of sp³-hybridized carbons (Fsp3) is 0.250. The molecule has 138 valence electrons. The molecule has 0 atom stereocenters. The van der Waals surface area contributed by atoms with Gasteiger partial charge in [-0.25, -0.2) is 0 Å². The number of hydrogen-bond acceptors (Lipinski definition) is 2. The number of fused-ring (bicyclic) bond motifs is 1. The molecule has 0 aliphatic heterocycles. The third-order valence-corrected chi connectivity index (χ3v) is 4.10. The Morgan fingerprint density at radius 1 is 1.12 bits per heavy atom. The monoisotopic (exact) mass is 464 g/mol. The van der Waals surface area contributed by atoms with Crippen LogP contribution in [0.25, 0.3) is 10.9 Å². The van der Waals surface area contributed by atoms with Gasteiger partial charge in [-0.1, -0.05) is 36.4 Å². The molecule has 3 N–H and O–H groups in total. The summed E-state index contributed by atoms with van der Waals surface area (Å²) in [5.41, 5.74) is 9.26. The number of hydrogen-bond donors (Lipinski definition) is 2. The lowest BCUT2D eigenvalue weighted by atomic mass is 10.2. The first-order chi connectivity index (χ1) is 12.3. The molecule has 3 rings (SSSR count). The zero-order valence-corrected chi connectivity index (χ0v) is 17.2. The highest BCUT2D eigenvalue weighted by atomic mass is 127. The second-order valence-corrected chi connectivity index (χ2v) is 5.90. The number of aliphatic imine (C=N–C) groups is 1. The highest BCUT2D eigenvalue weighted by Crippen LogP contribution is 2.16. The van der Waals surface area contributed by atoms with Gasteiger partial charge < -0.3 is 20.4 Å². The summed E-state index contributed by atoms with van der Waals surface area (Å²) < 4.78 is 7.45. The van der Waals surface area contributed by atoms with Crippen LogP contribution in [-0.4, -0.2) is 24.2 Å². The lowest BCUT2D eigenvalue weighted by molar-refractivity contribution is 0.185. The lowest BCUT2D eigenvalue weighted by Gasteiger charge is -2.11. The number of para-hydroxylation sites is 2. The molecule has 0 saturated heterocycles. The second kappa shape index (κ2) is 10.2. The van der Waals surface area contributed by atoms with Crippen molar-refractivity contribution in [1.82, 2.24) is 4.57 Å². The molecule has 0 aliphatic carbocycles. The quantitative estimate of drug-likeness (QED) is 0.238. The zero-order valence-electron chi connectivity index (χ0n) is 14.9. The molecule has 6 heteroatoms. The van der Waals surface area contributed by atoms with Crippen LogP contribution in [0.1, 0.15) is 12.0 Å². The first kappa shape index (κ1) is 20.3. The summed E-state index contributed by atoms with van der Waals surface area (Å²) in [6.07, 6.45) is 3.05. The van der Waals surface area contributed by atoms with Crippen molar-refractivity contribution in [3.05, 3.63) is 66.4 Å². The number of methoxy groups -OCH3 is 1. The van der Waals surface area contributed by atoms with Gasteiger partial charge in [0.2, 0.25) is 0 Å². The van der Waals surface area contributed by atoms with E-state index in [9.17, 15) is 0 Å². The maximum atomic E-state index is 6.01. The average molecular weight is 464 g/mol. The van der Waals surface area contributed by atoms with E-state index < -0.39 is 0 Å². The van der Waals surface area contributed by atoms with Crippen molar-refractivity contribution in [2.75, 3.05) is 19.0 Å². The predicted molar refractivity (Wildman–Crippen MR) is 119 cm³/mol. The number of guanidine groups is 1. The van der Waals surface area contributed by atoms with Crippen molar-refractivity contribution in [3.63, 3.8) is 0 Å². The van der Waals surface area contributed by atoms with Gasteiger partial charge in [0.25, 0.3) is 0 Å². The lowest BCUT2D eigenvalue weighted by Crippen LogP contribution is -2.23. The topological polar surface area (TPSA) is 64.6 Å². The number of anilines is 1. The van der Waals surface area contributed by atoms with E-state index in [0.29, 0.717) is 19.1 Å². The molecule has 26 heavy (non-hydrogen) atoms. The minimum atomic E-state index is 0. The first-order valence-corrected chi connectivity index (χ1v) is 8.45. The highest BCUT2D eigenvalue weighted by Gasteiger charge is 2.03. The molecule has 0 unspecified atom stereocenters. The Kier molecular flexibility index (Phi) is 7.93. The Bertz CT molecular complexity index is 860. The zero-order chi connectivity index (χ0) is 17.5. The summed E-state index contributed by atoms with van der Waals surface area (Å²) in [5.74, 6) is 0.431. The minimum Gasteiger partial charge on any atom is -0.380 e. The van der Waals surface area contributed by atoms with Gasteiger partial charge >= 0.3 is 0 Å². The molecule has 0 aliphatic rings. The van der Waals surface area contributed by atoms with Crippen molar-refractivity contribution in [2.45, 2.75) is 19.6 Å². The van der Waals surface area contributed by atoms with E-state index in [-0.39, 0.29) is 24.0 Å². The van der Waals surface area contributed by atoms with Crippen LogP contribution in [0.3, 0.4) is 0 Å². The van der Waals surface area contributed by atoms with Crippen molar-refractivity contribution < 1.29 is 4.74 Å². The van der Waals surface area contributed by atoms with Crippen molar-refractivity contribution in [3.8, 4) is 0 Å². The first-order valence-electron chi connectivity index (χ1n) is 8.45. The molecule has 0 bridgehead atoms. The molecule has 0 spiro atoms. The van der Waals surface area contributed by atoms with E-state index in [1.165, 1.54) is 10.9 Å². The van der Waals surface area contributed by atoms with Gasteiger partial charge in [0.1, 0.15) is 0 Å². The molecular weight excluding hydrogens is 439 g/mol. The highest BCUT2D eigenvalue weighted by molar-refractivity contribution is 14.0. The average Bonchev–Trinajstić information content (AvgIpc) is 3.04. The van der Waals surface area contributed by atoms with Crippen molar-refractivity contribution >= 4 is 46.5 Å². The number of aromatic nitrogens is 1. The number of halogens is 1. The van der Waals surface area contributed by atoms with Crippen LogP contribution in [0.4, 0.5) is 5.69 Å². The van der Waals surface area contributed by atoms with Crippen molar-refractivity contribution in [1.29, 1.82) is 0 Å². The molecule has 3 aromatic rings. The third-order valence-electron chi connectivity index (χ3n) is 4.10. The number of rotatable bonds is 7. The fourth-order valence-electron chi connectivity index (χ4n) is 2.88. The van der Waals surface area contributed by atoms with E-state index in [2.05, 4.69) is 51.4 Å². The number of nitrogens with two attached hydrogens (primary N) is 1. The SMILES string of the molecule is COCc1ccccc1NC(N)=NCCCn1ccc2ccccc21.I. The molecule has 5 nitrogen and oxygen atoms in total. The minimum absolute atomic E-state index is 0. The number of nitrogens with zero attached hydrogens (tertiary/aromatic N) is 2. The summed E-state index contributed by atoms with van der Waals surface area (Å²) in [4.78, 5) is 4.43. The number of aryl methyl sites for hydroxylation is 1. The number of ether oxygens (including phenoxy) is 1. The molecule has 0 fully saturated rings. The second-order valence-electron chi connectivity index (χ2n) is 5.90. The Morgan fingerprint density at radius 3 is 2.73 bits per heavy atom. The number of nitrogens with one attached hydrogen (secondary N) is 1. The maximum absolute atomic E-state index is 6.01. The molecule has 0 saturated carbocycles. The van der Waals surface area contributed by atoms with Gasteiger partial charge in [0.15, 0.2) is 5.96 Å². The molecule has 2 aromatic carbocycles. The number of benzene rings is 2. The Hall–Kier alpha value is -2.06. The summed E-state index contributed by atoms with van der Waals surface area (Å²) >= 11 is 0. The Balaban J connectivity index is 0.00000243. The fourth-order valence-corrected chi connectivity index (χ4v) is 2.88. The molecule has 0 radical (unpaired) electrons. The van der Waals surface area contributed by atoms with E-state index in [0.717, 1.165) is 24.2 Å². The van der Waals surface area contributed by atoms with Crippen LogP contribution in [0, 0.1) is 0 Å². The summed E-state index contributed by atoms with van der Waals surface area (Å²) in [7, 11) is 1.68. The molecule has 0 amide bonds. The normalized spacial score (nSPS) is 11.3. The van der Waals surface area contributed by atoms with Crippen LogP contribution < -0.4 is 11.1 Å². The maximum Gasteiger partial charge on any atom is 0.193 e. The van der Waals surface area contributed by atoms with Gasteiger partial charge in [0.05, 0.1) is 6.61 Å². The third kappa shape index (κ3) is 5.22. The van der Waals surface area contributed by atoms with Gasteiger partial charge in [-0.15, -0.1) is 24.0 Å². The van der Waals surface area contributed by atoms with Crippen molar-refractivity contribution in [2.24, 2.45) is 10.7 Å². The van der Waals surface area contributed by atoms with Crippen LogP contribution in [0.15, 0.2) is 65.8 Å². The van der Waals surface area contributed by atoms with E-state index in [1.807, 2.05) is 24.3 Å². The van der Waals surface area contributed by atoms with Gasteiger partial charge in [-0.2, -0.15) is 0 Å². The molecular formula is C20H25IN4O. The van der Waals surface area contributed by atoms with Crippen LogP contribution >= 0.6 is 24.0 Å². The Labute approximate surface area is 171 Å². The predicted octanol–water partition coefficient (Wildman–Crippen LogP) is 4.22. The largest absolute Gasteiger partial charge is 0.380 e. The summed E-state index contributed by atoms with van der Waals surface area (Å²) in [6.45, 7) is 2.14. The Morgan fingerprint density at radius 2 is 1.88 bits per heavy atom. The van der Waals surface area contributed by atoms with Crippen LogP contribution in [0.5, 0.6) is 0 Å². The van der Waals surface area contributed by atoms with Crippen LogP contribution in [0.2, 0.25) is 0 Å². The van der Waals surface area contributed by atoms with E-state index >= 15 is 0 Å². The van der Waals surface area contributed by atoms with Gasteiger partial charge in [0, 0.05) is 43.2 Å². The van der Waals surface area contributed by atoms with E-state index in [1.54, 1.807) is 7.11 Å². The standard InChI is InChI=1S/C20H24N4O.HI/c1-25-15-17-8-2-4-9-18(17)23-20(21)22-12-6-13-24-14-11-16-7-3-5-10-19(16)24;/h2-5,7-11,14H,6,12-13,15H2,1H3,(H3,21,22,23);1H. The smallest absolute Gasteiger partial charge is 0.193 e. The summed E-state index contributed by atoms with van der Waals surface area (Å²) in [5, 5.41) is 4.43.